The molecule has 1 aromatic rings. The SMILES string of the molecule is Cc1cc(C(=O)N2CCO[C@@H](CN(C)CC(=O)O)C2)c(C)n1C(C)C. The molecule has 1 fully saturated rings. The number of carbonyl (C=O) groups excluding carboxylic acids is 1. The first-order valence-corrected chi connectivity index (χ1v) is 8.70. The Labute approximate surface area is 149 Å². The molecule has 25 heavy (non-hydrogen) atoms. The van der Waals surface area contributed by atoms with E-state index in [1.807, 2.05) is 24.8 Å². The second kappa shape index (κ2) is 8.01. The minimum atomic E-state index is -0.868. The number of morpholine rings is 1. The highest BCUT2D eigenvalue weighted by atomic mass is 16.5. The zero-order chi connectivity index (χ0) is 18.7. The normalized spacial score (nSPS) is 18.2. The number of carboxylic acid groups (broad SMARTS) is 1. The number of ether oxygens (including phenoxy) is 1. The fourth-order valence-corrected chi connectivity index (χ4v) is 3.62. The molecule has 1 aromatic heterocycles. The zero-order valence-electron chi connectivity index (χ0n) is 15.8. The van der Waals surface area contributed by atoms with Crippen LogP contribution in [0.5, 0.6) is 0 Å². The monoisotopic (exact) mass is 351 g/mol. The van der Waals surface area contributed by atoms with Gasteiger partial charge in [-0.25, -0.2) is 0 Å². The van der Waals surface area contributed by atoms with Crippen molar-refractivity contribution in [3.05, 3.63) is 23.0 Å². The van der Waals surface area contributed by atoms with Crippen LogP contribution in [0.3, 0.4) is 0 Å². The second-order valence-corrected chi connectivity index (χ2v) is 7.08. The van der Waals surface area contributed by atoms with E-state index < -0.39 is 5.97 Å². The van der Waals surface area contributed by atoms with Crippen LogP contribution < -0.4 is 0 Å². The molecule has 1 atom stereocenters. The van der Waals surface area contributed by atoms with E-state index in [1.54, 1.807) is 11.9 Å². The lowest BCUT2D eigenvalue weighted by Crippen LogP contribution is -2.49. The van der Waals surface area contributed by atoms with Gasteiger partial charge in [0.15, 0.2) is 0 Å². The lowest BCUT2D eigenvalue weighted by atomic mass is 10.1. The molecule has 1 amide bonds. The molecule has 0 radical (unpaired) electrons. The molecule has 7 heteroatoms. The third-order valence-corrected chi connectivity index (χ3v) is 4.58. The van der Waals surface area contributed by atoms with Crippen LogP contribution in [0.25, 0.3) is 0 Å². The molecule has 1 saturated heterocycles. The maximum absolute atomic E-state index is 13.0. The Morgan fingerprint density at radius 3 is 2.64 bits per heavy atom. The van der Waals surface area contributed by atoms with Gasteiger partial charge in [0.1, 0.15) is 0 Å². The summed E-state index contributed by atoms with van der Waals surface area (Å²) in [6, 6.07) is 2.27. The molecule has 0 saturated carbocycles. The van der Waals surface area contributed by atoms with Gasteiger partial charge < -0.3 is 19.3 Å². The number of hydrogen-bond donors (Lipinski definition) is 1. The Balaban J connectivity index is 2.07. The summed E-state index contributed by atoms with van der Waals surface area (Å²) >= 11 is 0. The van der Waals surface area contributed by atoms with E-state index in [-0.39, 0.29) is 18.6 Å². The Morgan fingerprint density at radius 1 is 1.40 bits per heavy atom. The summed E-state index contributed by atoms with van der Waals surface area (Å²) in [6.45, 7) is 10.2. The van der Waals surface area contributed by atoms with Crippen LogP contribution in [0.2, 0.25) is 0 Å². The van der Waals surface area contributed by atoms with Crippen molar-refractivity contribution in [2.24, 2.45) is 0 Å². The fraction of sp³-hybridized carbons (Fsp3) is 0.667. The Morgan fingerprint density at radius 2 is 2.08 bits per heavy atom. The quantitative estimate of drug-likeness (QED) is 0.841. The highest BCUT2D eigenvalue weighted by Crippen LogP contribution is 2.22. The number of nitrogens with zero attached hydrogens (tertiary/aromatic N) is 3. The largest absolute Gasteiger partial charge is 0.480 e. The molecule has 0 spiro atoms. The first-order chi connectivity index (χ1) is 11.7. The van der Waals surface area contributed by atoms with Crippen molar-refractivity contribution in [2.45, 2.75) is 39.8 Å². The summed E-state index contributed by atoms with van der Waals surface area (Å²) in [5.41, 5.74) is 2.82. The number of hydrogen-bond acceptors (Lipinski definition) is 4. The fourth-order valence-electron chi connectivity index (χ4n) is 3.62. The lowest BCUT2D eigenvalue weighted by Gasteiger charge is -2.34. The molecule has 1 aliphatic rings. The van der Waals surface area contributed by atoms with Gasteiger partial charge in [0.2, 0.25) is 0 Å². The van der Waals surface area contributed by atoms with Gasteiger partial charge in [-0.1, -0.05) is 0 Å². The molecule has 1 N–H and O–H groups in total. The highest BCUT2D eigenvalue weighted by molar-refractivity contribution is 5.95. The van der Waals surface area contributed by atoms with E-state index in [1.165, 1.54) is 0 Å². The summed E-state index contributed by atoms with van der Waals surface area (Å²) < 4.78 is 7.88. The smallest absolute Gasteiger partial charge is 0.317 e. The minimum absolute atomic E-state index is 0.0224. The Bertz CT molecular complexity index is 639. The molecule has 2 heterocycles. The molecule has 0 unspecified atom stereocenters. The van der Waals surface area contributed by atoms with E-state index in [9.17, 15) is 9.59 Å². The van der Waals surface area contributed by atoms with Crippen molar-refractivity contribution < 1.29 is 19.4 Å². The number of carbonyl (C=O) groups is 2. The predicted octanol–water partition coefficient (Wildman–Crippen LogP) is 1.54. The van der Waals surface area contributed by atoms with Crippen molar-refractivity contribution in [1.29, 1.82) is 0 Å². The summed E-state index contributed by atoms with van der Waals surface area (Å²) in [5.74, 6) is -0.846. The first-order valence-electron chi connectivity index (χ1n) is 8.70. The van der Waals surface area contributed by atoms with Crippen LogP contribution >= 0.6 is 0 Å². The van der Waals surface area contributed by atoms with Gasteiger partial charge in [-0.05, 0) is 40.8 Å². The highest BCUT2D eigenvalue weighted by Gasteiger charge is 2.28. The third kappa shape index (κ3) is 4.61. The molecule has 7 nitrogen and oxygen atoms in total. The van der Waals surface area contributed by atoms with E-state index in [2.05, 4.69) is 18.4 Å². The topological polar surface area (TPSA) is 75.0 Å². The van der Waals surface area contributed by atoms with Crippen molar-refractivity contribution >= 4 is 11.9 Å². The maximum atomic E-state index is 13.0. The van der Waals surface area contributed by atoms with Gasteiger partial charge in [-0.2, -0.15) is 0 Å². The Kier molecular flexibility index (Phi) is 6.24. The molecule has 1 aliphatic heterocycles. The maximum Gasteiger partial charge on any atom is 0.317 e. The molecular formula is C18H29N3O4. The molecule has 0 aromatic carbocycles. The van der Waals surface area contributed by atoms with Crippen LogP contribution in [-0.4, -0.2) is 77.3 Å². The van der Waals surface area contributed by atoms with Gasteiger partial charge in [0.25, 0.3) is 5.91 Å². The van der Waals surface area contributed by atoms with Crippen molar-refractivity contribution in [3.8, 4) is 0 Å². The predicted molar refractivity (Wildman–Crippen MR) is 95.1 cm³/mol. The van der Waals surface area contributed by atoms with E-state index in [4.69, 9.17) is 9.84 Å². The molecule has 2 rings (SSSR count). The number of aromatic nitrogens is 1. The lowest BCUT2D eigenvalue weighted by molar-refractivity contribution is -0.138. The third-order valence-electron chi connectivity index (χ3n) is 4.58. The number of aryl methyl sites for hydroxylation is 1. The summed E-state index contributed by atoms with van der Waals surface area (Å²) in [6.07, 6.45) is -0.171. The number of rotatable bonds is 6. The van der Waals surface area contributed by atoms with Crippen LogP contribution in [0, 0.1) is 13.8 Å². The zero-order valence-corrected chi connectivity index (χ0v) is 15.8. The Hall–Kier alpha value is -1.86. The van der Waals surface area contributed by atoms with Crippen LogP contribution in [0.4, 0.5) is 0 Å². The van der Waals surface area contributed by atoms with Gasteiger partial charge >= 0.3 is 5.97 Å². The standard InChI is InChI=1S/C18H29N3O4/c1-12(2)21-13(3)8-16(14(21)4)18(24)20-6-7-25-15(10-20)9-19(5)11-17(22)23/h8,12,15H,6-7,9-11H2,1-5H3,(H,22,23)/t15-/m0/s1. The van der Waals surface area contributed by atoms with E-state index in [0.717, 1.165) is 17.0 Å². The first kappa shape index (κ1) is 19.5. The van der Waals surface area contributed by atoms with E-state index in [0.29, 0.717) is 32.3 Å². The minimum Gasteiger partial charge on any atom is -0.480 e. The van der Waals surface area contributed by atoms with Crippen molar-refractivity contribution in [3.63, 3.8) is 0 Å². The summed E-state index contributed by atoms with van der Waals surface area (Å²) in [4.78, 5) is 27.3. The average molecular weight is 351 g/mol. The van der Waals surface area contributed by atoms with Crippen molar-refractivity contribution in [2.75, 3.05) is 39.8 Å². The summed E-state index contributed by atoms with van der Waals surface area (Å²) in [7, 11) is 1.74. The summed E-state index contributed by atoms with van der Waals surface area (Å²) in [5, 5.41) is 8.86. The number of amides is 1. The van der Waals surface area contributed by atoms with Gasteiger partial charge in [-0.15, -0.1) is 0 Å². The number of aliphatic carboxylic acids is 1. The number of carboxylic acids is 1. The van der Waals surface area contributed by atoms with Gasteiger partial charge in [-0.3, -0.25) is 14.5 Å². The molecule has 0 aliphatic carbocycles. The second-order valence-electron chi connectivity index (χ2n) is 7.08. The molecule has 140 valence electrons. The van der Waals surface area contributed by atoms with Crippen LogP contribution in [-0.2, 0) is 9.53 Å². The average Bonchev–Trinajstić information content (AvgIpc) is 2.80. The number of likely N-dealkylation sites (N-methyl/N-ethyl adjacent to an activating group) is 1. The van der Waals surface area contributed by atoms with E-state index >= 15 is 0 Å². The molecule has 0 bridgehead atoms. The van der Waals surface area contributed by atoms with Gasteiger partial charge in [0, 0.05) is 37.1 Å². The van der Waals surface area contributed by atoms with Crippen LogP contribution in [0.15, 0.2) is 6.07 Å². The van der Waals surface area contributed by atoms with Crippen LogP contribution in [0.1, 0.15) is 41.6 Å². The van der Waals surface area contributed by atoms with Crippen molar-refractivity contribution in [1.82, 2.24) is 14.4 Å². The van der Waals surface area contributed by atoms with Gasteiger partial charge in [0.05, 0.1) is 24.8 Å². The molecular weight excluding hydrogens is 322 g/mol.